The third-order valence-electron chi connectivity index (χ3n) is 3.95. The Labute approximate surface area is 131 Å². The van der Waals surface area contributed by atoms with Crippen LogP contribution in [0.25, 0.3) is 0 Å². The summed E-state index contributed by atoms with van der Waals surface area (Å²) in [6.07, 6.45) is 2.73. The van der Waals surface area contributed by atoms with Gasteiger partial charge in [-0.15, -0.1) is 0 Å². The second-order valence-corrected chi connectivity index (χ2v) is 6.37. The molecule has 1 aromatic carbocycles. The Morgan fingerprint density at radius 1 is 1.43 bits per heavy atom. The summed E-state index contributed by atoms with van der Waals surface area (Å²) in [6.45, 7) is 5.36. The first-order valence-corrected chi connectivity index (χ1v) is 7.84. The minimum Gasteiger partial charge on any atom is -0.492 e. The molecule has 1 saturated heterocycles. The van der Waals surface area contributed by atoms with E-state index in [1.807, 2.05) is 31.2 Å². The summed E-state index contributed by atoms with van der Waals surface area (Å²) in [5.41, 5.74) is 5.93. The fourth-order valence-electron chi connectivity index (χ4n) is 2.57. The highest BCUT2D eigenvalue weighted by atomic mass is 32.1. The van der Waals surface area contributed by atoms with Gasteiger partial charge in [-0.1, -0.05) is 24.4 Å². The Balaban J connectivity index is 1.79. The van der Waals surface area contributed by atoms with Crippen LogP contribution in [-0.4, -0.2) is 46.8 Å². The van der Waals surface area contributed by atoms with E-state index in [4.69, 9.17) is 22.7 Å². The molecule has 1 aromatic rings. The van der Waals surface area contributed by atoms with Gasteiger partial charge in [-0.3, -0.25) is 4.90 Å². The minimum absolute atomic E-state index is 0.384. The van der Waals surface area contributed by atoms with Crippen LogP contribution in [0.15, 0.2) is 24.3 Å². The fraction of sp³-hybridized carbons (Fsp3) is 0.562. The van der Waals surface area contributed by atoms with Gasteiger partial charge in [0.15, 0.2) is 0 Å². The molecule has 1 aliphatic heterocycles. The van der Waals surface area contributed by atoms with Crippen molar-refractivity contribution in [3.05, 3.63) is 29.8 Å². The van der Waals surface area contributed by atoms with Crippen molar-refractivity contribution in [1.82, 2.24) is 4.90 Å². The van der Waals surface area contributed by atoms with Crippen molar-refractivity contribution in [2.24, 2.45) is 5.73 Å². The van der Waals surface area contributed by atoms with Gasteiger partial charge in [0.25, 0.3) is 0 Å². The highest BCUT2D eigenvalue weighted by Crippen LogP contribution is 2.21. The molecular weight excluding hydrogens is 284 g/mol. The number of nitrogens with zero attached hydrogens (tertiary/aromatic N) is 1. The van der Waals surface area contributed by atoms with E-state index in [0.29, 0.717) is 11.6 Å². The molecule has 0 aliphatic carbocycles. The molecule has 1 atom stereocenters. The summed E-state index contributed by atoms with van der Waals surface area (Å²) in [4.78, 5) is 2.73. The zero-order chi connectivity index (χ0) is 15.3. The zero-order valence-corrected chi connectivity index (χ0v) is 13.4. The number of aliphatic hydroxyl groups is 1. The maximum atomic E-state index is 10.1. The molecule has 2 rings (SSSR count). The van der Waals surface area contributed by atoms with Crippen molar-refractivity contribution >= 4 is 17.2 Å². The predicted octanol–water partition coefficient (Wildman–Crippen LogP) is 1.94. The average Bonchev–Trinajstić information content (AvgIpc) is 2.60. The molecule has 1 heterocycles. The molecule has 1 aliphatic rings. The highest BCUT2D eigenvalue weighted by Gasteiger charge is 2.24. The minimum atomic E-state index is -0.513. The number of ether oxygens (including phenoxy) is 1. The van der Waals surface area contributed by atoms with E-state index in [0.717, 1.165) is 50.2 Å². The summed E-state index contributed by atoms with van der Waals surface area (Å²) in [7, 11) is 0. The van der Waals surface area contributed by atoms with Crippen LogP contribution in [-0.2, 0) is 0 Å². The number of nitrogens with two attached hydrogens (primary N) is 1. The summed E-state index contributed by atoms with van der Waals surface area (Å²) >= 11 is 4.96. The lowest BCUT2D eigenvalue weighted by atomic mass is 9.98. The number of benzene rings is 1. The Bertz CT molecular complexity index is 491. The summed E-state index contributed by atoms with van der Waals surface area (Å²) in [6, 6.07) is 7.56. The van der Waals surface area contributed by atoms with Crippen molar-refractivity contribution in [3.8, 4) is 5.75 Å². The van der Waals surface area contributed by atoms with Crippen LogP contribution in [0.5, 0.6) is 5.75 Å². The number of hydrogen-bond donors (Lipinski definition) is 2. The predicted molar refractivity (Wildman–Crippen MR) is 88.7 cm³/mol. The summed E-state index contributed by atoms with van der Waals surface area (Å²) < 4.78 is 5.77. The van der Waals surface area contributed by atoms with Gasteiger partial charge in [-0.2, -0.15) is 0 Å². The zero-order valence-electron chi connectivity index (χ0n) is 12.5. The van der Waals surface area contributed by atoms with E-state index >= 15 is 0 Å². The van der Waals surface area contributed by atoms with E-state index in [9.17, 15) is 5.11 Å². The molecule has 5 heteroatoms. The van der Waals surface area contributed by atoms with Gasteiger partial charge in [0.2, 0.25) is 0 Å². The third-order valence-corrected chi connectivity index (χ3v) is 4.19. The molecule has 0 aromatic heterocycles. The monoisotopic (exact) mass is 308 g/mol. The summed E-state index contributed by atoms with van der Waals surface area (Å²) in [5, 5.41) is 10.1. The van der Waals surface area contributed by atoms with Gasteiger partial charge < -0.3 is 15.6 Å². The van der Waals surface area contributed by atoms with Gasteiger partial charge >= 0.3 is 0 Å². The first kappa shape index (κ1) is 16.2. The van der Waals surface area contributed by atoms with Crippen LogP contribution in [0.4, 0.5) is 0 Å². The lowest BCUT2D eigenvalue weighted by Crippen LogP contribution is -2.31. The Hall–Kier alpha value is -1.17. The Morgan fingerprint density at radius 2 is 2.24 bits per heavy atom. The molecule has 4 nitrogen and oxygen atoms in total. The number of rotatable bonds is 5. The van der Waals surface area contributed by atoms with Crippen LogP contribution < -0.4 is 10.5 Å². The standard InChI is InChI=1S/C16H24N2O2S/c1-16(19)6-3-8-18(9-7-16)10-11-20-14-5-2-4-13(12-14)15(17)21/h2,4-5,12,19H,3,6-11H2,1H3,(H2,17,21). The molecule has 1 unspecified atom stereocenters. The highest BCUT2D eigenvalue weighted by molar-refractivity contribution is 7.80. The molecular formula is C16H24N2O2S. The van der Waals surface area contributed by atoms with Gasteiger partial charge in [-0.05, 0) is 44.9 Å². The Morgan fingerprint density at radius 3 is 3.00 bits per heavy atom. The van der Waals surface area contributed by atoms with Crippen molar-refractivity contribution < 1.29 is 9.84 Å². The van der Waals surface area contributed by atoms with Crippen molar-refractivity contribution in [2.75, 3.05) is 26.2 Å². The molecule has 3 N–H and O–H groups in total. The number of thiocarbonyl (C=S) groups is 1. The van der Waals surface area contributed by atoms with Crippen LogP contribution in [0.3, 0.4) is 0 Å². The summed E-state index contributed by atoms with van der Waals surface area (Å²) in [5.74, 6) is 0.794. The average molecular weight is 308 g/mol. The van der Waals surface area contributed by atoms with Gasteiger partial charge in [0.1, 0.15) is 17.3 Å². The van der Waals surface area contributed by atoms with Crippen molar-refractivity contribution in [1.29, 1.82) is 0 Å². The molecule has 21 heavy (non-hydrogen) atoms. The van der Waals surface area contributed by atoms with Crippen LogP contribution >= 0.6 is 12.2 Å². The third kappa shape index (κ3) is 5.26. The van der Waals surface area contributed by atoms with Crippen LogP contribution in [0, 0.1) is 0 Å². The van der Waals surface area contributed by atoms with Crippen molar-refractivity contribution in [2.45, 2.75) is 31.8 Å². The Kier molecular flexibility index (Phi) is 5.56. The second-order valence-electron chi connectivity index (χ2n) is 5.93. The molecule has 0 saturated carbocycles. The van der Waals surface area contributed by atoms with Crippen LogP contribution in [0.2, 0.25) is 0 Å². The van der Waals surface area contributed by atoms with E-state index < -0.39 is 5.60 Å². The molecule has 0 spiro atoms. The quantitative estimate of drug-likeness (QED) is 0.814. The molecule has 1 fully saturated rings. The molecule has 0 amide bonds. The van der Waals surface area contributed by atoms with Crippen LogP contribution in [0.1, 0.15) is 31.7 Å². The second kappa shape index (κ2) is 7.20. The maximum absolute atomic E-state index is 10.1. The van der Waals surface area contributed by atoms with E-state index in [1.165, 1.54) is 0 Å². The number of likely N-dealkylation sites (tertiary alicyclic amines) is 1. The SMILES string of the molecule is CC1(O)CCCN(CCOc2cccc(C(N)=S)c2)CC1. The van der Waals surface area contributed by atoms with E-state index in [2.05, 4.69) is 4.90 Å². The first-order chi connectivity index (χ1) is 9.96. The lowest BCUT2D eigenvalue weighted by molar-refractivity contribution is 0.0442. The van der Waals surface area contributed by atoms with Crippen molar-refractivity contribution in [3.63, 3.8) is 0 Å². The topological polar surface area (TPSA) is 58.7 Å². The molecule has 116 valence electrons. The molecule has 0 bridgehead atoms. The largest absolute Gasteiger partial charge is 0.492 e. The number of hydrogen-bond acceptors (Lipinski definition) is 4. The van der Waals surface area contributed by atoms with Gasteiger partial charge in [-0.25, -0.2) is 0 Å². The smallest absolute Gasteiger partial charge is 0.120 e. The first-order valence-electron chi connectivity index (χ1n) is 7.44. The van der Waals surface area contributed by atoms with Gasteiger partial charge in [0, 0.05) is 18.7 Å². The van der Waals surface area contributed by atoms with E-state index in [-0.39, 0.29) is 0 Å². The molecule has 0 radical (unpaired) electrons. The fourth-order valence-corrected chi connectivity index (χ4v) is 2.70. The van der Waals surface area contributed by atoms with E-state index in [1.54, 1.807) is 0 Å². The normalized spacial score (nSPS) is 23.5. The lowest BCUT2D eigenvalue weighted by Gasteiger charge is -2.22. The van der Waals surface area contributed by atoms with Gasteiger partial charge in [0.05, 0.1) is 5.60 Å². The maximum Gasteiger partial charge on any atom is 0.120 e.